The number of benzene rings is 2. The van der Waals surface area contributed by atoms with Gasteiger partial charge in [-0.3, -0.25) is 4.79 Å². The zero-order chi connectivity index (χ0) is 11.8. The number of carbonyl (C=O) groups excluding carboxylic acids is 1. The fourth-order valence-corrected chi connectivity index (χ4v) is 2.19. The number of hydrogen-bond donors (Lipinski definition) is 1. The molecule has 0 aromatic heterocycles. The molecule has 0 aliphatic heterocycles. The minimum atomic E-state index is 0.160. The van der Waals surface area contributed by atoms with Crippen LogP contribution < -0.4 is 5.32 Å². The molecule has 0 spiro atoms. The molecule has 2 unspecified atom stereocenters. The van der Waals surface area contributed by atoms with Crippen LogP contribution in [0, 0.1) is 11.8 Å². The topological polar surface area (TPSA) is 29.1 Å². The number of hydrogen-bond acceptors (Lipinski definition) is 1. The van der Waals surface area contributed by atoms with E-state index in [1.54, 1.807) is 0 Å². The molecule has 2 heteroatoms. The van der Waals surface area contributed by atoms with Crippen LogP contribution >= 0.6 is 0 Å². The smallest absolute Gasteiger partial charge is 0.227 e. The van der Waals surface area contributed by atoms with Gasteiger partial charge in [-0.25, -0.2) is 0 Å². The second-order valence-electron chi connectivity index (χ2n) is 4.87. The van der Waals surface area contributed by atoms with Gasteiger partial charge in [0.1, 0.15) is 0 Å². The van der Waals surface area contributed by atoms with Crippen LogP contribution in [0.1, 0.15) is 13.3 Å². The third-order valence-electron chi connectivity index (χ3n) is 3.46. The summed E-state index contributed by atoms with van der Waals surface area (Å²) >= 11 is 0. The number of anilines is 1. The SMILES string of the molecule is CC1CC1C(=O)Nc1ccc2ccccc2c1. The lowest BCUT2D eigenvalue weighted by Gasteiger charge is -2.05. The molecule has 1 N–H and O–H groups in total. The van der Waals surface area contributed by atoms with E-state index >= 15 is 0 Å². The van der Waals surface area contributed by atoms with Crippen molar-refractivity contribution >= 4 is 22.4 Å². The molecule has 1 fully saturated rings. The lowest BCUT2D eigenvalue weighted by Crippen LogP contribution is -2.14. The van der Waals surface area contributed by atoms with E-state index in [2.05, 4.69) is 24.4 Å². The van der Waals surface area contributed by atoms with Gasteiger partial charge in [-0.15, -0.1) is 0 Å². The Hall–Kier alpha value is -1.83. The Morgan fingerprint density at radius 2 is 1.88 bits per heavy atom. The van der Waals surface area contributed by atoms with Gasteiger partial charge in [-0.1, -0.05) is 37.3 Å². The molecule has 0 bridgehead atoms. The molecular weight excluding hydrogens is 210 g/mol. The van der Waals surface area contributed by atoms with Crippen molar-refractivity contribution in [1.29, 1.82) is 0 Å². The Morgan fingerprint density at radius 1 is 1.18 bits per heavy atom. The Morgan fingerprint density at radius 3 is 2.59 bits per heavy atom. The van der Waals surface area contributed by atoms with Gasteiger partial charge in [0.15, 0.2) is 0 Å². The number of nitrogens with one attached hydrogen (secondary N) is 1. The molecule has 0 radical (unpaired) electrons. The molecule has 2 aromatic carbocycles. The number of carbonyl (C=O) groups is 1. The molecule has 0 heterocycles. The van der Waals surface area contributed by atoms with Crippen molar-refractivity contribution in [2.24, 2.45) is 11.8 Å². The van der Waals surface area contributed by atoms with Gasteiger partial charge in [0.25, 0.3) is 0 Å². The summed E-state index contributed by atoms with van der Waals surface area (Å²) in [4.78, 5) is 11.8. The van der Waals surface area contributed by atoms with Crippen molar-refractivity contribution in [3.8, 4) is 0 Å². The standard InChI is InChI=1S/C15H15NO/c1-10-8-14(10)15(17)16-13-7-6-11-4-2-3-5-12(11)9-13/h2-7,9-10,14H,8H2,1H3,(H,16,17). The van der Waals surface area contributed by atoms with Crippen molar-refractivity contribution < 1.29 is 4.79 Å². The third kappa shape index (κ3) is 2.03. The third-order valence-corrected chi connectivity index (χ3v) is 3.46. The second kappa shape index (κ2) is 3.88. The molecule has 1 saturated carbocycles. The van der Waals surface area contributed by atoms with E-state index in [0.29, 0.717) is 5.92 Å². The van der Waals surface area contributed by atoms with Gasteiger partial charge in [-0.2, -0.15) is 0 Å². The van der Waals surface area contributed by atoms with Crippen molar-refractivity contribution in [2.75, 3.05) is 5.32 Å². The first-order valence-electron chi connectivity index (χ1n) is 6.04. The first kappa shape index (κ1) is 10.3. The molecule has 1 amide bonds. The quantitative estimate of drug-likeness (QED) is 0.833. The van der Waals surface area contributed by atoms with E-state index < -0.39 is 0 Å². The molecule has 1 aliphatic carbocycles. The molecule has 2 atom stereocenters. The van der Waals surface area contributed by atoms with Crippen LogP contribution in [0.15, 0.2) is 42.5 Å². The lowest BCUT2D eigenvalue weighted by molar-refractivity contribution is -0.117. The zero-order valence-corrected chi connectivity index (χ0v) is 9.81. The van der Waals surface area contributed by atoms with Crippen LogP contribution in [0.25, 0.3) is 10.8 Å². The first-order valence-corrected chi connectivity index (χ1v) is 6.04. The van der Waals surface area contributed by atoms with Crippen molar-refractivity contribution in [2.45, 2.75) is 13.3 Å². The van der Waals surface area contributed by atoms with Gasteiger partial charge < -0.3 is 5.32 Å². The van der Waals surface area contributed by atoms with Crippen LogP contribution in [0.2, 0.25) is 0 Å². The lowest BCUT2D eigenvalue weighted by atomic mass is 10.1. The van der Waals surface area contributed by atoms with Gasteiger partial charge in [0.05, 0.1) is 0 Å². The normalized spacial score (nSPS) is 22.4. The minimum Gasteiger partial charge on any atom is -0.326 e. The van der Waals surface area contributed by atoms with Gasteiger partial charge in [0.2, 0.25) is 5.91 Å². The second-order valence-corrected chi connectivity index (χ2v) is 4.87. The maximum absolute atomic E-state index is 11.8. The summed E-state index contributed by atoms with van der Waals surface area (Å²) in [7, 11) is 0. The molecular formula is C15H15NO. The van der Waals surface area contributed by atoms with E-state index in [-0.39, 0.29) is 11.8 Å². The summed E-state index contributed by atoms with van der Waals surface area (Å²) < 4.78 is 0. The Balaban J connectivity index is 1.83. The average Bonchev–Trinajstić information content (AvgIpc) is 3.06. The Labute approximate surface area is 101 Å². The van der Waals surface area contributed by atoms with Gasteiger partial charge in [-0.05, 0) is 35.2 Å². The van der Waals surface area contributed by atoms with Crippen molar-refractivity contribution in [3.63, 3.8) is 0 Å². The highest BCUT2D eigenvalue weighted by Crippen LogP contribution is 2.38. The maximum Gasteiger partial charge on any atom is 0.227 e. The van der Waals surface area contributed by atoms with E-state index in [4.69, 9.17) is 0 Å². The highest BCUT2D eigenvalue weighted by Gasteiger charge is 2.38. The summed E-state index contributed by atoms with van der Waals surface area (Å²) in [6.07, 6.45) is 1.03. The van der Waals surface area contributed by atoms with Gasteiger partial charge in [0, 0.05) is 11.6 Å². The number of amides is 1. The zero-order valence-electron chi connectivity index (χ0n) is 9.81. The summed E-state index contributed by atoms with van der Waals surface area (Å²) in [6, 6.07) is 14.2. The van der Waals surface area contributed by atoms with E-state index in [1.165, 1.54) is 5.39 Å². The van der Waals surface area contributed by atoms with E-state index in [1.807, 2.05) is 30.3 Å². The molecule has 1 aliphatic rings. The van der Waals surface area contributed by atoms with Gasteiger partial charge >= 0.3 is 0 Å². The van der Waals surface area contributed by atoms with Crippen LogP contribution in [0.5, 0.6) is 0 Å². The molecule has 3 rings (SSSR count). The van der Waals surface area contributed by atoms with Crippen molar-refractivity contribution in [3.05, 3.63) is 42.5 Å². The predicted molar refractivity (Wildman–Crippen MR) is 69.8 cm³/mol. The largest absolute Gasteiger partial charge is 0.326 e. The molecule has 2 aromatic rings. The number of fused-ring (bicyclic) bond motifs is 1. The van der Waals surface area contributed by atoms with Crippen LogP contribution in [0.4, 0.5) is 5.69 Å². The Bertz CT molecular complexity index is 576. The van der Waals surface area contributed by atoms with Crippen LogP contribution in [0.3, 0.4) is 0 Å². The summed E-state index contributed by atoms with van der Waals surface area (Å²) in [5.74, 6) is 0.935. The maximum atomic E-state index is 11.8. The number of rotatable bonds is 2. The highest BCUT2D eigenvalue weighted by molar-refractivity contribution is 5.96. The molecule has 2 nitrogen and oxygen atoms in total. The Kier molecular flexibility index (Phi) is 2.36. The summed E-state index contributed by atoms with van der Waals surface area (Å²) in [5.41, 5.74) is 0.896. The summed E-state index contributed by atoms with van der Waals surface area (Å²) in [6.45, 7) is 2.12. The van der Waals surface area contributed by atoms with E-state index in [9.17, 15) is 4.79 Å². The fraction of sp³-hybridized carbons (Fsp3) is 0.267. The molecule has 0 saturated heterocycles. The fourth-order valence-electron chi connectivity index (χ4n) is 2.19. The van der Waals surface area contributed by atoms with Crippen LogP contribution in [-0.4, -0.2) is 5.91 Å². The molecule has 86 valence electrons. The molecule has 17 heavy (non-hydrogen) atoms. The first-order chi connectivity index (χ1) is 8.24. The van der Waals surface area contributed by atoms with Crippen molar-refractivity contribution in [1.82, 2.24) is 0 Å². The summed E-state index contributed by atoms with van der Waals surface area (Å²) in [5, 5.41) is 5.35. The minimum absolute atomic E-state index is 0.160. The monoisotopic (exact) mass is 225 g/mol. The highest BCUT2D eigenvalue weighted by atomic mass is 16.2. The van der Waals surface area contributed by atoms with E-state index in [0.717, 1.165) is 17.5 Å². The predicted octanol–water partition coefficient (Wildman–Crippen LogP) is 3.43. The van der Waals surface area contributed by atoms with Crippen LogP contribution in [-0.2, 0) is 4.79 Å². The average molecular weight is 225 g/mol.